The third-order valence-electron chi connectivity index (χ3n) is 3.14. The first-order chi connectivity index (χ1) is 11.6. The van der Waals surface area contributed by atoms with E-state index in [1.165, 1.54) is 6.26 Å². The van der Waals surface area contributed by atoms with E-state index >= 15 is 0 Å². The smallest absolute Gasteiger partial charge is 0.361 e. The fourth-order valence-electron chi connectivity index (χ4n) is 2.09. The van der Waals surface area contributed by atoms with Gasteiger partial charge in [-0.25, -0.2) is 9.78 Å². The third-order valence-corrected chi connectivity index (χ3v) is 3.14. The molecule has 0 fully saturated rings. The Morgan fingerprint density at radius 1 is 1.21 bits per heavy atom. The number of ether oxygens (including phenoxy) is 1. The molecule has 7 nitrogen and oxygen atoms in total. The zero-order chi connectivity index (χ0) is 16.9. The predicted molar refractivity (Wildman–Crippen MR) is 84.3 cm³/mol. The topological polar surface area (TPSA) is 94.6 Å². The maximum absolute atomic E-state index is 12.1. The Hall–Kier alpha value is -3.35. The van der Waals surface area contributed by atoms with Crippen molar-refractivity contribution in [3.8, 4) is 11.5 Å². The second kappa shape index (κ2) is 6.82. The lowest BCUT2D eigenvalue weighted by Crippen LogP contribution is -2.21. The Morgan fingerprint density at radius 2 is 2.08 bits per heavy atom. The highest BCUT2D eigenvalue weighted by Crippen LogP contribution is 2.23. The maximum atomic E-state index is 12.1. The van der Waals surface area contributed by atoms with E-state index in [0.29, 0.717) is 11.4 Å². The highest BCUT2D eigenvalue weighted by molar-refractivity contribution is 5.96. The lowest BCUT2D eigenvalue weighted by Gasteiger charge is -2.06. The van der Waals surface area contributed by atoms with Crippen LogP contribution in [0.2, 0.25) is 0 Å². The SMILES string of the molecule is Cc1cccc(NC(=O)COC(=O)c2ncoc2-c2ccco2)c1. The van der Waals surface area contributed by atoms with E-state index in [-0.39, 0.29) is 11.5 Å². The number of amides is 1. The Kier molecular flexibility index (Phi) is 4.42. The van der Waals surface area contributed by atoms with E-state index in [1.807, 2.05) is 25.1 Å². The molecule has 0 aliphatic rings. The first kappa shape index (κ1) is 15.5. The van der Waals surface area contributed by atoms with E-state index in [1.54, 1.807) is 18.2 Å². The minimum atomic E-state index is -0.769. The molecule has 2 heterocycles. The van der Waals surface area contributed by atoms with E-state index in [9.17, 15) is 9.59 Å². The molecule has 1 amide bonds. The lowest BCUT2D eigenvalue weighted by molar-refractivity contribution is -0.119. The normalized spacial score (nSPS) is 10.4. The molecule has 0 atom stereocenters. The quantitative estimate of drug-likeness (QED) is 0.724. The van der Waals surface area contributed by atoms with Crippen molar-refractivity contribution in [2.45, 2.75) is 6.92 Å². The van der Waals surface area contributed by atoms with Crippen molar-refractivity contribution in [1.29, 1.82) is 0 Å². The standard InChI is InChI=1S/C17H14N2O5/c1-11-4-2-5-12(8-11)19-14(20)9-23-17(21)15-16(24-10-18-15)13-6-3-7-22-13/h2-8,10H,9H2,1H3,(H,19,20). The van der Waals surface area contributed by atoms with Gasteiger partial charge in [0.15, 0.2) is 24.5 Å². The second-order valence-electron chi connectivity index (χ2n) is 5.00. The number of aromatic nitrogens is 1. The van der Waals surface area contributed by atoms with Crippen LogP contribution in [0.4, 0.5) is 5.69 Å². The molecule has 0 saturated heterocycles. The number of carbonyl (C=O) groups is 2. The minimum Gasteiger partial charge on any atom is -0.461 e. The maximum Gasteiger partial charge on any atom is 0.361 e. The molecule has 3 aromatic rings. The summed E-state index contributed by atoms with van der Waals surface area (Å²) in [7, 11) is 0. The molecule has 1 N–H and O–H groups in total. The van der Waals surface area contributed by atoms with Gasteiger partial charge in [-0.15, -0.1) is 0 Å². The van der Waals surface area contributed by atoms with Crippen molar-refractivity contribution in [2.75, 3.05) is 11.9 Å². The van der Waals surface area contributed by atoms with Crippen LogP contribution in [0.5, 0.6) is 0 Å². The summed E-state index contributed by atoms with van der Waals surface area (Å²) >= 11 is 0. The van der Waals surface area contributed by atoms with Gasteiger partial charge in [0.05, 0.1) is 6.26 Å². The van der Waals surface area contributed by atoms with Gasteiger partial charge >= 0.3 is 5.97 Å². The summed E-state index contributed by atoms with van der Waals surface area (Å²) in [5.41, 5.74) is 1.59. The summed E-state index contributed by atoms with van der Waals surface area (Å²) < 4.78 is 15.3. The summed E-state index contributed by atoms with van der Waals surface area (Å²) in [6.07, 6.45) is 2.56. The molecule has 0 aliphatic carbocycles. The number of nitrogens with one attached hydrogen (secondary N) is 1. The van der Waals surface area contributed by atoms with Crippen LogP contribution in [0.3, 0.4) is 0 Å². The number of esters is 1. The van der Waals surface area contributed by atoms with E-state index in [4.69, 9.17) is 13.6 Å². The van der Waals surface area contributed by atoms with Gasteiger partial charge in [-0.05, 0) is 36.8 Å². The van der Waals surface area contributed by atoms with Gasteiger partial charge in [-0.1, -0.05) is 12.1 Å². The number of furan rings is 1. The van der Waals surface area contributed by atoms with Crippen molar-refractivity contribution in [3.05, 3.63) is 60.3 Å². The van der Waals surface area contributed by atoms with Crippen LogP contribution in [-0.4, -0.2) is 23.5 Å². The number of carbonyl (C=O) groups excluding carboxylic acids is 2. The minimum absolute atomic E-state index is 0.0479. The van der Waals surface area contributed by atoms with E-state index < -0.39 is 18.5 Å². The van der Waals surface area contributed by atoms with E-state index in [2.05, 4.69) is 10.3 Å². The zero-order valence-corrected chi connectivity index (χ0v) is 12.8. The molecule has 0 radical (unpaired) electrons. The Bertz CT molecular complexity index is 852. The van der Waals surface area contributed by atoms with Crippen LogP contribution in [0.25, 0.3) is 11.5 Å². The number of hydrogen-bond acceptors (Lipinski definition) is 6. The molecule has 0 spiro atoms. The number of hydrogen-bond donors (Lipinski definition) is 1. The molecule has 1 aromatic carbocycles. The number of oxazole rings is 1. The van der Waals surface area contributed by atoms with Crippen molar-refractivity contribution in [1.82, 2.24) is 4.98 Å². The fourth-order valence-corrected chi connectivity index (χ4v) is 2.09. The van der Waals surface area contributed by atoms with Gasteiger partial charge in [0.1, 0.15) is 0 Å². The van der Waals surface area contributed by atoms with Gasteiger partial charge in [-0.2, -0.15) is 0 Å². The lowest BCUT2D eigenvalue weighted by atomic mass is 10.2. The van der Waals surface area contributed by atoms with Crippen molar-refractivity contribution >= 4 is 17.6 Å². The molecule has 7 heteroatoms. The van der Waals surface area contributed by atoms with Crippen LogP contribution in [0.1, 0.15) is 16.1 Å². The summed E-state index contributed by atoms with van der Waals surface area (Å²) in [6.45, 7) is 1.48. The molecule has 2 aromatic heterocycles. The van der Waals surface area contributed by atoms with Crippen LogP contribution in [0.15, 0.2) is 57.9 Å². The molecule has 3 rings (SSSR count). The molecular formula is C17H14N2O5. The first-order valence-electron chi connectivity index (χ1n) is 7.14. The van der Waals surface area contributed by atoms with Gasteiger partial charge in [-0.3, -0.25) is 4.79 Å². The average Bonchev–Trinajstić information content (AvgIpc) is 3.23. The van der Waals surface area contributed by atoms with Crippen LogP contribution >= 0.6 is 0 Å². The largest absolute Gasteiger partial charge is 0.461 e. The monoisotopic (exact) mass is 326 g/mol. The van der Waals surface area contributed by atoms with Crippen LogP contribution < -0.4 is 5.32 Å². The fraction of sp³-hybridized carbons (Fsp3) is 0.118. The summed E-state index contributed by atoms with van der Waals surface area (Å²) in [5, 5.41) is 2.65. The van der Waals surface area contributed by atoms with Crippen molar-refractivity contribution < 1.29 is 23.2 Å². The van der Waals surface area contributed by atoms with Gasteiger partial charge in [0.2, 0.25) is 5.76 Å². The summed E-state index contributed by atoms with van der Waals surface area (Å²) in [6, 6.07) is 10.6. The molecule has 0 bridgehead atoms. The molecule has 122 valence electrons. The van der Waals surface area contributed by atoms with Gasteiger partial charge < -0.3 is 18.9 Å². The Balaban J connectivity index is 1.60. The highest BCUT2D eigenvalue weighted by Gasteiger charge is 2.22. The highest BCUT2D eigenvalue weighted by atomic mass is 16.5. The molecule has 0 aliphatic heterocycles. The number of benzene rings is 1. The second-order valence-corrected chi connectivity index (χ2v) is 5.00. The number of aryl methyl sites for hydroxylation is 1. The average molecular weight is 326 g/mol. The molecule has 24 heavy (non-hydrogen) atoms. The molecular weight excluding hydrogens is 312 g/mol. The molecule has 0 unspecified atom stereocenters. The summed E-state index contributed by atoms with van der Waals surface area (Å²) in [5.74, 6) is -0.709. The van der Waals surface area contributed by atoms with E-state index in [0.717, 1.165) is 12.0 Å². The number of nitrogens with zero attached hydrogens (tertiary/aromatic N) is 1. The zero-order valence-electron chi connectivity index (χ0n) is 12.8. The Labute approximate surface area is 137 Å². The van der Waals surface area contributed by atoms with Gasteiger partial charge in [0.25, 0.3) is 5.91 Å². The first-order valence-corrected chi connectivity index (χ1v) is 7.14. The van der Waals surface area contributed by atoms with Gasteiger partial charge in [0, 0.05) is 5.69 Å². The summed E-state index contributed by atoms with van der Waals surface area (Å²) in [4.78, 5) is 27.7. The van der Waals surface area contributed by atoms with Crippen LogP contribution in [-0.2, 0) is 9.53 Å². The van der Waals surface area contributed by atoms with Crippen molar-refractivity contribution in [3.63, 3.8) is 0 Å². The Morgan fingerprint density at radius 3 is 2.83 bits per heavy atom. The number of rotatable bonds is 5. The van der Waals surface area contributed by atoms with Crippen LogP contribution in [0, 0.1) is 6.92 Å². The predicted octanol–water partition coefficient (Wildman–Crippen LogP) is 3.04. The number of anilines is 1. The third kappa shape index (κ3) is 3.52. The van der Waals surface area contributed by atoms with Crippen molar-refractivity contribution in [2.24, 2.45) is 0 Å². The molecule has 0 saturated carbocycles.